The molecule has 0 aromatic heterocycles. The Morgan fingerprint density at radius 2 is 1.14 bits per heavy atom. The highest BCUT2D eigenvalue weighted by Gasteiger charge is 2.30. The Morgan fingerprint density at radius 3 is 1.50 bits per heavy atom. The summed E-state index contributed by atoms with van der Waals surface area (Å²) in [4.78, 5) is 0. The van der Waals surface area contributed by atoms with Crippen molar-refractivity contribution < 1.29 is 0 Å². The second-order valence-electron chi connectivity index (χ2n) is 6.43. The Kier molecular flexibility index (Phi) is 3.73. The highest BCUT2D eigenvalue weighted by Crippen LogP contribution is 2.48. The second-order valence-corrected chi connectivity index (χ2v) is 8.02. The van der Waals surface area contributed by atoms with Crippen LogP contribution in [-0.4, -0.2) is 0 Å². The van der Waals surface area contributed by atoms with Crippen LogP contribution in [-0.2, 0) is 38.5 Å². The molecule has 0 spiro atoms. The average Bonchev–Trinajstić information content (AvgIpc) is 2.55. The van der Waals surface area contributed by atoms with Crippen molar-refractivity contribution in [2.75, 3.05) is 0 Å². The van der Waals surface area contributed by atoms with Crippen LogP contribution in [0.25, 0.3) is 11.1 Å². The molecule has 0 nitrogen and oxygen atoms in total. The molecule has 0 amide bonds. The van der Waals surface area contributed by atoms with Crippen molar-refractivity contribution in [1.82, 2.24) is 0 Å². The van der Waals surface area contributed by atoms with Crippen molar-refractivity contribution in [3.8, 4) is 11.1 Å². The van der Waals surface area contributed by atoms with E-state index in [9.17, 15) is 0 Å². The minimum absolute atomic E-state index is 1.11. The Hall–Kier alpha value is -0.600. The number of hydrogen-bond acceptors (Lipinski definition) is 0. The Balaban J connectivity index is 2.07. The van der Waals surface area contributed by atoms with Gasteiger partial charge in [0.1, 0.15) is 0 Å². The van der Waals surface area contributed by atoms with Gasteiger partial charge in [0.15, 0.2) is 0 Å². The normalized spacial score (nSPS) is 14.9. The number of hydrogen-bond donors (Lipinski definition) is 0. The fourth-order valence-corrected chi connectivity index (χ4v) is 5.79. The smallest absolute Gasteiger partial charge is 0.0245 e. The zero-order chi connectivity index (χ0) is 15.4. The predicted molar refractivity (Wildman–Crippen MR) is 101 cm³/mol. The standard InChI is InChI=1S/C20H20Br2/c1-3-11-9-13-5-8-16-18-14(10-12(4-2)20(16)22)6-7-15(17(13)18)19(11)21/h9-10H,3-8H2,1-2H3. The molecule has 2 aromatic carbocycles. The number of aryl methyl sites for hydroxylation is 4. The maximum Gasteiger partial charge on any atom is 0.0245 e. The van der Waals surface area contributed by atoms with Crippen molar-refractivity contribution in [3.05, 3.63) is 54.5 Å². The summed E-state index contributed by atoms with van der Waals surface area (Å²) in [7, 11) is 0. The first-order valence-electron chi connectivity index (χ1n) is 8.32. The lowest BCUT2D eigenvalue weighted by atomic mass is 9.74. The van der Waals surface area contributed by atoms with E-state index in [0.717, 1.165) is 12.8 Å². The lowest BCUT2D eigenvalue weighted by Crippen LogP contribution is -2.17. The molecule has 0 radical (unpaired) electrons. The Labute approximate surface area is 149 Å². The third-order valence-electron chi connectivity index (χ3n) is 5.34. The molecule has 114 valence electrons. The van der Waals surface area contributed by atoms with Gasteiger partial charge in [-0.05, 0) is 83.0 Å². The third-order valence-corrected chi connectivity index (χ3v) is 7.31. The minimum atomic E-state index is 1.11. The third kappa shape index (κ3) is 1.99. The van der Waals surface area contributed by atoms with E-state index in [4.69, 9.17) is 0 Å². The summed E-state index contributed by atoms with van der Waals surface area (Å²) in [5.74, 6) is 0. The van der Waals surface area contributed by atoms with Crippen LogP contribution in [0, 0.1) is 0 Å². The molecule has 0 saturated carbocycles. The van der Waals surface area contributed by atoms with E-state index in [2.05, 4.69) is 57.8 Å². The van der Waals surface area contributed by atoms with E-state index < -0.39 is 0 Å². The van der Waals surface area contributed by atoms with Gasteiger partial charge in [-0.2, -0.15) is 0 Å². The van der Waals surface area contributed by atoms with Crippen molar-refractivity contribution in [2.45, 2.75) is 52.4 Å². The average molecular weight is 420 g/mol. The molecule has 0 unspecified atom stereocenters. The quantitative estimate of drug-likeness (QED) is 0.543. The van der Waals surface area contributed by atoms with E-state index in [1.54, 1.807) is 33.4 Å². The van der Waals surface area contributed by atoms with E-state index in [1.807, 2.05) is 0 Å². The predicted octanol–water partition coefficient (Wildman–Crippen LogP) is 6.20. The van der Waals surface area contributed by atoms with Crippen LogP contribution in [0.2, 0.25) is 0 Å². The summed E-state index contributed by atoms with van der Waals surface area (Å²) in [6, 6.07) is 4.89. The first kappa shape index (κ1) is 15.0. The maximum absolute atomic E-state index is 3.90. The fourth-order valence-electron chi connectivity index (χ4n) is 4.21. The first-order valence-corrected chi connectivity index (χ1v) is 9.90. The van der Waals surface area contributed by atoms with E-state index >= 15 is 0 Å². The van der Waals surface area contributed by atoms with Crippen LogP contribution in [0.4, 0.5) is 0 Å². The molecule has 4 rings (SSSR count). The van der Waals surface area contributed by atoms with Gasteiger partial charge in [0.05, 0.1) is 0 Å². The molecule has 2 aliphatic rings. The zero-order valence-corrected chi connectivity index (χ0v) is 16.3. The molecular formula is C20H20Br2. The summed E-state index contributed by atoms with van der Waals surface area (Å²) >= 11 is 7.79. The van der Waals surface area contributed by atoms with Crippen LogP contribution in [0.1, 0.15) is 47.2 Å². The van der Waals surface area contributed by atoms with Gasteiger partial charge in [-0.15, -0.1) is 0 Å². The summed E-state index contributed by atoms with van der Waals surface area (Å²) in [5.41, 5.74) is 12.3. The number of rotatable bonds is 2. The molecule has 0 aliphatic heterocycles. The highest BCUT2D eigenvalue weighted by molar-refractivity contribution is 9.11. The molecule has 2 heteroatoms. The lowest BCUT2D eigenvalue weighted by molar-refractivity contribution is 0.854. The van der Waals surface area contributed by atoms with Gasteiger partial charge in [0.2, 0.25) is 0 Å². The second kappa shape index (κ2) is 5.49. The van der Waals surface area contributed by atoms with Gasteiger partial charge in [0.25, 0.3) is 0 Å². The van der Waals surface area contributed by atoms with Crippen molar-refractivity contribution in [3.63, 3.8) is 0 Å². The van der Waals surface area contributed by atoms with Crippen LogP contribution in [0.15, 0.2) is 21.1 Å². The summed E-state index contributed by atoms with van der Waals surface area (Å²) in [5, 5.41) is 0. The molecule has 0 heterocycles. The molecule has 22 heavy (non-hydrogen) atoms. The van der Waals surface area contributed by atoms with Crippen molar-refractivity contribution in [2.24, 2.45) is 0 Å². The molecular weight excluding hydrogens is 400 g/mol. The van der Waals surface area contributed by atoms with Gasteiger partial charge >= 0.3 is 0 Å². The SMILES string of the molecule is CCc1cc2c3c(c1Br)CCc1cc(CC)c(Br)c(c1-3)CC2. The molecule has 0 saturated heterocycles. The summed E-state index contributed by atoms with van der Waals surface area (Å²) in [6.45, 7) is 4.52. The van der Waals surface area contributed by atoms with Crippen molar-refractivity contribution >= 4 is 31.9 Å². The topological polar surface area (TPSA) is 0 Å². The molecule has 0 atom stereocenters. The van der Waals surface area contributed by atoms with Gasteiger partial charge in [-0.1, -0.05) is 57.8 Å². The highest BCUT2D eigenvalue weighted by atomic mass is 79.9. The Bertz CT molecular complexity index is 720. The molecule has 2 aromatic rings. The molecule has 2 aliphatic carbocycles. The lowest BCUT2D eigenvalue weighted by Gasteiger charge is -2.32. The van der Waals surface area contributed by atoms with Crippen LogP contribution in [0.5, 0.6) is 0 Å². The largest absolute Gasteiger partial charge is 0.0613 e. The fraction of sp³-hybridized carbons (Fsp3) is 0.400. The van der Waals surface area contributed by atoms with Gasteiger partial charge < -0.3 is 0 Å². The molecule has 0 bridgehead atoms. The van der Waals surface area contributed by atoms with Crippen LogP contribution < -0.4 is 0 Å². The molecule has 0 N–H and O–H groups in total. The maximum atomic E-state index is 3.90. The summed E-state index contributed by atoms with van der Waals surface area (Å²) in [6.07, 6.45) is 6.93. The van der Waals surface area contributed by atoms with Gasteiger partial charge in [-0.25, -0.2) is 0 Å². The number of benzene rings is 2. The van der Waals surface area contributed by atoms with E-state index in [0.29, 0.717) is 0 Å². The van der Waals surface area contributed by atoms with E-state index in [1.165, 1.54) is 45.8 Å². The molecule has 0 fully saturated rings. The van der Waals surface area contributed by atoms with Gasteiger partial charge in [-0.3, -0.25) is 0 Å². The minimum Gasteiger partial charge on any atom is -0.0613 e. The van der Waals surface area contributed by atoms with E-state index in [-0.39, 0.29) is 0 Å². The number of halogens is 2. The monoisotopic (exact) mass is 418 g/mol. The van der Waals surface area contributed by atoms with Crippen LogP contribution >= 0.6 is 31.9 Å². The van der Waals surface area contributed by atoms with Gasteiger partial charge in [0, 0.05) is 8.95 Å². The summed E-state index contributed by atoms with van der Waals surface area (Å²) < 4.78 is 2.73. The zero-order valence-electron chi connectivity index (χ0n) is 13.2. The Morgan fingerprint density at radius 1 is 0.727 bits per heavy atom. The van der Waals surface area contributed by atoms with Crippen molar-refractivity contribution in [1.29, 1.82) is 0 Å². The first-order chi connectivity index (χ1) is 10.7. The van der Waals surface area contributed by atoms with Crippen LogP contribution in [0.3, 0.4) is 0 Å².